The summed E-state index contributed by atoms with van der Waals surface area (Å²) in [6.45, 7) is 0.0534. The first kappa shape index (κ1) is 21.5. The number of fused-ring (bicyclic) bond motifs is 2. The number of benzene rings is 3. The van der Waals surface area contributed by atoms with E-state index >= 15 is 0 Å². The molecule has 0 aliphatic carbocycles. The maximum atomic E-state index is 14.2. The monoisotopic (exact) mass is 479 g/mol. The highest BCUT2D eigenvalue weighted by Gasteiger charge is 2.21. The van der Waals surface area contributed by atoms with E-state index in [1.54, 1.807) is 16.8 Å². The van der Waals surface area contributed by atoms with Crippen molar-refractivity contribution in [2.24, 2.45) is 0 Å². The lowest BCUT2D eigenvalue weighted by Gasteiger charge is -2.12. The quantitative estimate of drug-likeness (QED) is 0.375. The van der Waals surface area contributed by atoms with E-state index in [1.165, 1.54) is 24.5 Å². The summed E-state index contributed by atoms with van der Waals surface area (Å²) in [5.74, 6) is -0.720. The number of nitrogens with two attached hydrogens (primary N) is 1. The summed E-state index contributed by atoms with van der Waals surface area (Å²) in [6.07, 6.45) is 1.31. The number of phenols is 1. The van der Waals surface area contributed by atoms with Gasteiger partial charge in [-0.15, -0.1) is 0 Å². The molecule has 3 N–H and O–H groups in total. The maximum absolute atomic E-state index is 14.2. The van der Waals surface area contributed by atoms with E-state index in [9.17, 15) is 14.3 Å². The van der Waals surface area contributed by atoms with Gasteiger partial charge in [0.1, 0.15) is 30.1 Å². The highest BCUT2D eigenvalue weighted by Crippen LogP contribution is 2.35. The molecule has 0 atom stereocenters. The van der Waals surface area contributed by atoms with Crippen molar-refractivity contribution in [1.29, 1.82) is 0 Å². The zero-order valence-electron chi connectivity index (χ0n) is 18.7. The van der Waals surface area contributed by atoms with Crippen LogP contribution in [0.4, 0.5) is 10.2 Å². The van der Waals surface area contributed by atoms with Crippen LogP contribution in [0.3, 0.4) is 0 Å². The van der Waals surface area contributed by atoms with Gasteiger partial charge in [0, 0.05) is 16.5 Å². The van der Waals surface area contributed by atoms with Crippen LogP contribution >= 0.6 is 0 Å². The highest BCUT2D eigenvalue weighted by atomic mass is 19.1. The zero-order chi connectivity index (χ0) is 24.8. The van der Waals surface area contributed by atoms with Crippen LogP contribution in [-0.2, 0) is 6.54 Å². The molecule has 3 heterocycles. The summed E-state index contributed by atoms with van der Waals surface area (Å²) >= 11 is 0. The van der Waals surface area contributed by atoms with Crippen LogP contribution in [0.2, 0.25) is 0 Å². The normalized spacial score (nSPS) is 11.4. The Labute approximate surface area is 203 Å². The van der Waals surface area contributed by atoms with Gasteiger partial charge < -0.3 is 15.3 Å². The number of anilines is 1. The summed E-state index contributed by atoms with van der Waals surface area (Å²) in [4.78, 5) is 21.3. The van der Waals surface area contributed by atoms with Gasteiger partial charge in [-0.2, -0.15) is 5.10 Å². The van der Waals surface area contributed by atoms with E-state index in [0.29, 0.717) is 33.4 Å². The van der Waals surface area contributed by atoms with E-state index in [2.05, 4.69) is 15.1 Å². The average Bonchev–Trinajstić information content (AvgIpc) is 3.26. The molecule has 0 unspecified atom stereocenters. The Hall–Kier alpha value is -5.05. The molecule has 3 aromatic carbocycles. The lowest BCUT2D eigenvalue weighted by atomic mass is 9.98. The molecule has 0 saturated heterocycles. The Kier molecular flexibility index (Phi) is 4.96. The Morgan fingerprint density at radius 1 is 0.944 bits per heavy atom. The van der Waals surface area contributed by atoms with Crippen molar-refractivity contribution in [3.63, 3.8) is 0 Å². The minimum atomic E-state index is -0.794. The van der Waals surface area contributed by atoms with Gasteiger partial charge in [0.25, 0.3) is 0 Å². The van der Waals surface area contributed by atoms with Gasteiger partial charge in [-0.1, -0.05) is 48.5 Å². The van der Waals surface area contributed by atoms with Crippen LogP contribution in [0.15, 0.2) is 88.3 Å². The van der Waals surface area contributed by atoms with Crippen LogP contribution in [0.5, 0.6) is 5.75 Å². The number of nitrogens with zero attached hydrogens (tertiary/aromatic N) is 4. The summed E-state index contributed by atoms with van der Waals surface area (Å²) in [5.41, 5.74) is 8.45. The van der Waals surface area contributed by atoms with Crippen molar-refractivity contribution < 1.29 is 13.9 Å². The predicted molar refractivity (Wildman–Crippen MR) is 134 cm³/mol. The highest BCUT2D eigenvalue weighted by molar-refractivity contribution is 5.99. The minimum Gasteiger partial charge on any atom is -0.505 e. The van der Waals surface area contributed by atoms with Crippen LogP contribution in [0.1, 0.15) is 5.76 Å². The number of phenolic OH excluding ortho intramolecular Hbond substituents is 1. The number of nitrogen functional groups attached to an aromatic ring is 1. The molecule has 0 spiro atoms. The molecule has 0 radical (unpaired) electrons. The molecule has 0 saturated carbocycles. The van der Waals surface area contributed by atoms with Crippen LogP contribution in [0, 0.1) is 5.82 Å². The van der Waals surface area contributed by atoms with Gasteiger partial charge in [0.15, 0.2) is 17.2 Å². The second kappa shape index (κ2) is 8.31. The average molecular weight is 479 g/mol. The van der Waals surface area contributed by atoms with Crippen molar-refractivity contribution >= 4 is 27.6 Å². The first-order valence-electron chi connectivity index (χ1n) is 11.1. The third-order valence-electron chi connectivity index (χ3n) is 6.05. The fourth-order valence-electron chi connectivity index (χ4n) is 4.41. The lowest BCUT2D eigenvalue weighted by Crippen LogP contribution is -2.10. The van der Waals surface area contributed by atoms with Crippen molar-refractivity contribution in [1.82, 2.24) is 19.7 Å². The van der Waals surface area contributed by atoms with E-state index < -0.39 is 17.2 Å². The Balaban J connectivity index is 1.60. The van der Waals surface area contributed by atoms with Gasteiger partial charge >= 0.3 is 5.63 Å². The lowest BCUT2D eigenvalue weighted by molar-refractivity contribution is 0.432. The molecule has 6 aromatic rings. The molecule has 0 bridgehead atoms. The molecule has 176 valence electrons. The van der Waals surface area contributed by atoms with E-state index in [0.717, 1.165) is 16.5 Å². The largest absolute Gasteiger partial charge is 0.505 e. The predicted octanol–water partition coefficient (Wildman–Crippen LogP) is 4.74. The van der Waals surface area contributed by atoms with E-state index in [4.69, 9.17) is 10.2 Å². The Bertz CT molecular complexity index is 1830. The van der Waals surface area contributed by atoms with Gasteiger partial charge in [-0.25, -0.2) is 23.8 Å². The van der Waals surface area contributed by atoms with Gasteiger partial charge in [0.05, 0.1) is 10.8 Å². The van der Waals surface area contributed by atoms with Crippen molar-refractivity contribution in [3.8, 4) is 28.1 Å². The maximum Gasteiger partial charge on any atom is 0.343 e. The fraction of sp³-hybridized carbons (Fsp3) is 0.0370. The summed E-state index contributed by atoms with van der Waals surface area (Å²) in [7, 11) is 0. The molecule has 3 aromatic heterocycles. The Morgan fingerprint density at radius 3 is 2.47 bits per heavy atom. The van der Waals surface area contributed by atoms with Crippen LogP contribution < -0.4 is 11.4 Å². The SMILES string of the molecule is Nc1ncnc2c1c(-c1ccc(O)c(F)c1)nn2Cc1oc(=O)c2ccccc2c1-c1ccccc1. The zero-order valence-corrected chi connectivity index (χ0v) is 18.7. The molecule has 6 rings (SSSR count). The first-order chi connectivity index (χ1) is 17.5. The molecule has 9 heteroatoms. The molecule has 0 aliphatic rings. The van der Waals surface area contributed by atoms with Crippen LogP contribution in [0.25, 0.3) is 44.2 Å². The van der Waals surface area contributed by atoms with Crippen molar-refractivity contribution in [2.75, 3.05) is 5.73 Å². The second-order valence-electron chi connectivity index (χ2n) is 8.23. The third-order valence-corrected chi connectivity index (χ3v) is 6.05. The topological polar surface area (TPSA) is 120 Å². The summed E-state index contributed by atoms with van der Waals surface area (Å²) in [5, 5.41) is 15.9. The molecule has 0 aliphatic heterocycles. The summed E-state index contributed by atoms with van der Waals surface area (Å²) < 4.78 is 21.5. The minimum absolute atomic E-state index is 0.0534. The smallest absolute Gasteiger partial charge is 0.343 e. The number of hydrogen-bond donors (Lipinski definition) is 2. The van der Waals surface area contributed by atoms with E-state index in [1.807, 2.05) is 42.5 Å². The number of aromatic nitrogens is 4. The number of aromatic hydroxyl groups is 1. The fourth-order valence-corrected chi connectivity index (χ4v) is 4.41. The molecule has 36 heavy (non-hydrogen) atoms. The van der Waals surface area contributed by atoms with Crippen LogP contribution in [-0.4, -0.2) is 24.9 Å². The molecule has 0 fully saturated rings. The Morgan fingerprint density at radius 2 is 1.69 bits per heavy atom. The van der Waals surface area contributed by atoms with Crippen molar-refractivity contribution in [3.05, 3.63) is 101 Å². The number of hydrogen-bond acceptors (Lipinski definition) is 7. The molecule has 0 amide bonds. The summed E-state index contributed by atoms with van der Waals surface area (Å²) in [6, 6.07) is 20.8. The van der Waals surface area contributed by atoms with Crippen molar-refractivity contribution in [2.45, 2.75) is 6.54 Å². The standard InChI is InChI=1S/C27H18FN5O3/c28-19-12-16(10-11-20(19)34)24-23-25(29)30-14-31-26(23)33(32-24)13-21-22(15-6-2-1-3-7-15)17-8-4-5-9-18(17)27(35)36-21/h1-12,14,34H,13H2,(H2,29,30,31). The number of halogens is 1. The molecular weight excluding hydrogens is 461 g/mol. The van der Waals surface area contributed by atoms with Gasteiger partial charge in [-0.3, -0.25) is 0 Å². The van der Waals surface area contributed by atoms with E-state index in [-0.39, 0.29) is 12.4 Å². The molecule has 8 nitrogen and oxygen atoms in total. The van der Waals surface area contributed by atoms with Gasteiger partial charge in [-0.05, 0) is 29.8 Å². The molecular formula is C27H18FN5O3. The number of rotatable bonds is 4. The second-order valence-corrected chi connectivity index (χ2v) is 8.23. The third kappa shape index (κ3) is 3.45. The van der Waals surface area contributed by atoms with Gasteiger partial charge in [0.2, 0.25) is 0 Å². The first-order valence-corrected chi connectivity index (χ1v) is 11.1.